The van der Waals surface area contributed by atoms with Crippen LogP contribution in [0, 0.1) is 0 Å². The maximum absolute atomic E-state index is 5.20. The van der Waals surface area contributed by atoms with E-state index in [1.165, 1.54) is 53.0 Å². The first-order chi connectivity index (χ1) is 21.3. The van der Waals surface area contributed by atoms with Crippen LogP contribution in [0.3, 0.4) is 0 Å². The second-order valence-corrected chi connectivity index (χ2v) is 11.8. The molecule has 200 valence electrons. The Labute approximate surface area is 252 Å². The zero-order chi connectivity index (χ0) is 28.3. The smallest absolute Gasteiger partial charge is 0.0817 e. The van der Waals surface area contributed by atoms with Crippen molar-refractivity contribution in [2.45, 2.75) is 0 Å². The predicted octanol–water partition coefficient (Wildman–Crippen LogP) is 10.7. The van der Waals surface area contributed by atoms with Crippen LogP contribution in [-0.4, -0.2) is 15.0 Å². The van der Waals surface area contributed by atoms with Gasteiger partial charge in [-0.15, -0.1) is 11.3 Å². The zero-order valence-electron chi connectivity index (χ0n) is 23.0. The van der Waals surface area contributed by atoms with Gasteiger partial charge in [-0.2, -0.15) is 0 Å². The van der Waals surface area contributed by atoms with Gasteiger partial charge in [-0.3, -0.25) is 4.98 Å². The third kappa shape index (κ3) is 3.70. The summed E-state index contributed by atoms with van der Waals surface area (Å²) in [5.41, 5.74) is 8.67. The lowest BCUT2D eigenvalue weighted by molar-refractivity contribution is 1.29. The molecular formula is C39H23N3S. The number of hydrogen-bond acceptors (Lipinski definition) is 4. The van der Waals surface area contributed by atoms with Crippen molar-refractivity contribution in [3.8, 4) is 44.2 Å². The van der Waals surface area contributed by atoms with Gasteiger partial charge in [0.1, 0.15) is 0 Å². The van der Waals surface area contributed by atoms with Gasteiger partial charge in [-0.1, -0.05) is 91.0 Å². The Balaban J connectivity index is 1.43. The molecule has 43 heavy (non-hydrogen) atoms. The van der Waals surface area contributed by atoms with Crippen LogP contribution in [0.5, 0.6) is 0 Å². The van der Waals surface area contributed by atoms with Crippen molar-refractivity contribution in [2.24, 2.45) is 0 Å². The average molecular weight is 566 g/mol. The molecule has 2 aromatic heterocycles. The van der Waals surface area contributed by atoms with Crippen LogP contribution in [0.15, 0.2) is 140 Å². The summed E-state index contributed by atoms with van der Waals surface area (Å²) in [6.45, 7) is 0. The highest BCUT2D eigenvalue weighted by atomic mass is 32.1. The lowest BCUT2D eigenvalue weighted by Crippen LogP contribution is -1.94. The predicted molar refractivity (Wildman–Crippen MR) is 181 cm³/mol. The summed E-state index contributed by atoms with van der Waals surface area (Å²) in [6, 6.07) is 45.1. The number of pyridine rings is 2. The van der Waals surface area contributed by atoms with E-state index in [1.54, 1.807) is 0 Å². The molecule has 0 aliphatic carbocycles. The van der Waals surface area contributed by atoms with Gasteiger partial charge < -0.3 is 0 Å². The molecule has 0 fully saturated rings. The molecule has 0 amide bonds. The molecule has 4 heteroatoms. The fraction of sp³-hybridized carbons (Fsp3) is 0. The van der Waals surface area contributed by atoms with E-state index in [0.717, 1.165) is 33.7 Å². The Morgan fingerprint density at radius 3 is 1.72 bits per heavy atom. The van der Waals surface area contributed by atoms with Crippen molar-refractivity contribution in [1.29, 1.82) is 0 Å². The first-order valence-electron chi connectivity index (χ1n) is 14.4. The highest BCUT2D eigenvalue weighted by Crippen LogP contribution is 2.51. The van der Waals surface area contributed by atoms with Crippen LogP contribution >= 0.6 is 11.3 Å². The normalized spacial score (nSPS) is 11.7. The maximum Gasteiger partial charge on any atom is 0.0817 e. The highest BCUT2D eigenvalue weighted by molar-refractivity contribution is 7.22. The van der Waals surface area contributed by atoms with Gasteiger partial charge in [0.25, 0.3) is 0 Å². The van der Waals surface area contributed by atoms with E-state index in [-0.39, 0.29) is 0 Å². The van der Waals surface area contributed by atoms with Crippen molar-refractivity contribution >= 4 is 53.9 Å². The van der Waals surface area contributed by atoms with Gasteiger partial charge >= 0.3 is 0 Å². The third-order valence-corrected chi connectivity index (χ3v) is 9.55. The largest absolute Gasteiger partial charge is 0.265 e. The molecule has 0 bridgehead atoms. The Bertz CT molecular complexity index is 2400. The van der Waals surface area contributed by atoms with Crippen molar-refractivity contribution < 1.29 is 0 Å². The summed E-state index contributed by atoms with van der Waals surface area (Å²) in [7, 11) is 0. The van der Waals surface area contributed by atoms with E-state index >= 15 is 0 Å². The first kappa shape index (κ1) is 24.2. The van der Waals surface area contributed by atoms with Crippen LogP contribution in [0.1, 0.15) is 0 Å². The molecule has 7 aromatic rings. The lowest BCUT2D eigenvalue weighted by Gasteiger charge is -2.19. The van der Waals surface area contributed by atoms with Gasteiger partial charge in [0.2, 0.25) is 0 Å². The van der Waals surface area contributed by atoms with E-state index in [0.29, 0.717) is 0 Å². The molecule has 9 rings (SSSR count). The average Bonchev–Trinajstić information content (AvgIpc) is 3.48. The second kappa shape index (κ2) is 9.55. The fourth-order valence-corrected chi connectivity index (χ4v) is 7.78. The van der Waals surface area contributed by atoms with Crippen molar-refractivity contribution in [2.75, 3.05) is 0 Å². The number of hydrogen-bond donors (Lipinski definition) is 0. The van der Waals surface area contributed by atoms with Gasteiger partial charge in [0.05, 0.1) is 22.6 Å². The molecule has 0 radical (unpaired) electrons. The maximum atomic E-state index is 5.20. The molecule has 4 heterocycles. The summed E-state index contributed by atoms with van der Waals surface area (Å²) >= 11 is 1.86. The van der Waals surface area contributed by atoms with E-state index in [1.807, 2.05) is 35.9 Å². The number of rotatable bonds is 3. The highest BCUT2D eigenvalue weighted by Gasteiger charge is 2.25. The SMILES string of the molecule is c1cc(-c2ccncc2)nc(-c2c3ccccc3c(-c3sc4ccccc4c4nc5ccccc5c3-4)c3ccccc23)c1. The van der Waals surface area contributed by atoms with Crippen molar-refractivity contribution in [1.82, 2.24) is 15.0 Å². The Hall–Kier alpha value is -5.45. The van der Waals surface area contributed by atoms with E-state index in [2.05, 4.69) is 120 Å². The van der Waals surface area contributed by atoms with Crippen LogP contribution in [0.25, 0.3) is 86.7 Å². The van der Waals surface area contributed by atoms with Crippen molar-refractivity contribution in [3.05, 3.63) is 140 Å². The van der Waals surface area contributed by atoms with E-state index in [4.69, 9.17) is 9.97 Å². The number of para-hydroxylation sites is 1. The molecule has 0 atom stereocenters. The van der Waals surface area contributed by atoms with Crippen LogP contribution in [0.4, 0.5) is 0 Å². The Morgan fingerprint density at radius 1 is 0.419 bits per heavy atom. The first-order valence-corrected chi connectivity index (χ1v) is 15.2. The monoisotopic (exact) mass is 565 g/mol. The molecule has 5 aromatic carbocycles. The van der Waals surface area contributed by atoms with Gasteiger partial charge in [-0.25, -0.2) is 9.97 Å². The van der Waals surface area contributed by atoms with Crippen LogP contribution in [0.2, 0.25) is 0 Å². The number of benzene rings is 5. The minimum absolute atomic E-state index is 0.935. The van der Waals surface area contributed by atoms with Crippen LogP contribution < -0.4 is 0 Å². The summed E-state index contributed by atoms with van der Waals surface area (Å²) < 4.78 is 1.23. The number of nitrogens with zero attached hydrogens (tertiary/aromatic N) is 3. The van der Waals surface area contributed by atoms with Gasteiger partial charge in [0, 0.05) is 55.0 Å². The molecular weight excluding hydrogens is 543 g/mol. The molecule has 0 saturated heterocycles. The quantitative estimate of drug-likeness (QED) is 0.200. The molecule has 0 N–H and O–H groups in total. The summed E-state index contributed by atoms with van der Waals surface area (Å²) in [6.07, 6.45) is 3.63. The topological polar surface area (TPSA) is 38.7 Å². The number of fused-ring (bicyclic) bond motifs is 7. The minimum Gasteiger partial charge on any atom is -0.265 e. The van der Waals surface area contributed by atoms with Crippen molar-refractivity contribution in [3.63, 3.8) is 0 Å². The molecule has 2 aliphatic heterocycles. The second-order valence-electron chi connectivity index (χ2n) is 10.8. The van der Waals surface area contributed by atoms with Crippen LogP contribution in [-0.2, 0) is 0 Å². The zero-order valence-corrected chi connectivity index (χ0v) is 23.8. The minimum atomic E-state index is 0.935. The van der Waals surface area contributed by atoms with E-state index in [9.17, 15) is 0 Å². The fourth-order valence-electron chi connectivity index (χ4n) is 6.51. The Kier molecular flexibility index (Phi) is 5.37. The summed E-state index contributed by atoms with van der Waals surface area (Å²) in [5, 5.41) is 7.19. The van der Waals surface area contributed by atoms with Gasteiger partial charge in [-0.05, 0) is 57.9 Å². The van der Waals surface area contributed by atoms with E-state index < -0.39 is 0 Å². The standard InChI is InChI=1S/C39H23N3S/c1-3-12-27-25(10-1)35(33-18-9-17-31(41-33)24-20-22-40-23-21-24)26-11-2-4-13-28(26)36(27)39-37-29-14-5-7-16-32(29)42-38(37)30-15-6-8-19-34(30)43-39/h1-23H. The number of aromatic nitrogens is 3. The summed E-state index contributed by atoms with van der Waals surface area (Å²) in [4.78, 5) is 15.8. The van der Waals surface area contributed by atoms with Gasteiger partial charge in [0.15, 0.2) is 0 Å². The summed E-state index contributed by atoms with van der Waals surface area (Å²) in [5.74, 6) is 0. The molecule has 3 nitrogen and oxygen atoms in total. The third-order valence-electron chi connectivity index (χ3n) is 8.36. The molecule has 0 saturated carbocycles. The molecule has 0 unspecified atom stereocenters. The lowest BCUT2D eigenvalue weighted by atomic mass is 9.88. The molecule has 2 aliphatic rings. The molecule has 0 spiro atoms. The Morgan fingerprint density at radius 2 is 1.00 bits per heavy atom.